The maximum atomic E-state index is 9.80. The third kappa shape index (κ3) is 3.61. The highest BCUT2D eigenvalue weighted by atomic mass is 16.5. The summed E-state index contributed by atoms with van der Waals surface area (Å²) in [4.78, 5) is 0. The average molecular weight is 517 g/mol. The largest absolute Gasteiger partial charge is 0.491 e. The third-order valence-corrected chi connectivity index (χ3v) is 12.0. The Labute approximate surface area is 227 Å². The Kier molecular flexibility index (Phi) is 5.61. The number of rotatable bonds is 8. The smallest absolute Gasteiger partial charge is 0.130 e. The summed E-state index contributed by atoms with van der Waals surface area (Å²) in [5.74, 6) is 6.98. The normalized spacial score (nSPS) is 40.3. The molecular weight excluding hydrogens is 472 g/mol. The third-order valence-electron chi connectivity index (χ3n) is 12.0. The van der Waals surface area contributed by atoms with Gasteiger partial charge in [-0.3, -0.25) is 0 Å². The molecule has 0 aromatic heterocycles. The van der Waals surface area contributed by atoms with Gasteiger partial charge in [-0.2, -0.15) is 0 Å². The minimum absolute atomic E-state index is 0.000277. The lowest BCUT2D eigenvalue weighted by molar-refractivity contribution is -0.00761. The first kappa shape index (κ1) is 24.1. The fourth-order valence-corrected chi connectivity index (χ4v) is 11.8. The molecular formula is C34H44O4. The van der Waals surface area contributed by atoms with Crippen molar-refractivity contribution < 1.29 is 19.7 Å². The lowest BCUT2D eigenvalue weighted by atomic mass is 9.46. The first-order chi connectivity index (χ1) is 18.6. The molecule has 0 saturated heterocycles. The van der Waals surface area contributed by atoms with Crippen LogP contribution in [0, 0.1) is 35.5 Å². The zero-order valence-corrected chi connectivity index (χ0v) is 22.8. The van der Waals surface area contributed by atoms with E-state index >= 15 is 0 Å². The molecule has 2 aromatic carbocycles. The van der Waals surface area contributed by atoms with Crippen molar-refractivity contribution in [3.8, 4) is 11.5 Å². The van der Waals surface area contributed by atoms with E-state index in [0.29, 0.717) is 6.61 Å². The molecule has 8 fully saturated rings. The van der Waals surface area contributed by atoms with Gasteiger partial charge in [0.05, 0.1) is 13.2 Å². The van der Waals surface area contributed by atoms with Crippen LogP contribution in [0.25, 0.3) is 10.8 Å². The SMILES string of the molecule is OCCOc1cc(OCCO)c2cccc(C34CC5CC(CC(C5)C3)C4)c2c1C12CC3CC(CC(C3)C1)C2. The van der Waals surface area contributed by atoms with Crippen molar-refractivity contribution in [2.24, 2.45) is 35.5 Å². The van der Waals surface area contributed by atoms with Crippen LogP contribution < -0.4 is 9.47 Å². The molecule has 8 saturated carbocycles. The predicted octanol–water partition coefficient (Wildman–Crippen LogP) is 6.52. The molecule has 38 heavy (non-hydrogen) atoms. The Bertz CT molecular complexity index is 1160. The van der Waals surface area contributed by atoms with E-state index in [1.807, 2.05) is 0 Å². The maximum Gasteiger partial charge on any atom is 0.130 e. The van der Waals surface area contributed by atoms with Crippen LogP contribution in [0.3, 0.4) is 0 Å². The zero-order chi connectivity index (χ0) is 25.5. The molecule has 204 valence electrons. The Morgan fingerprint density at radius 1 is 0.632 bits per heavy atom. The van der Waals surface area contributed by atoms with E-state index in [9.17, 15) is 10.2 Å². The molecule has 0 amide bonds. The van der Waals surface area contributed by atoms with Gasteiger partial charge in [-0.25, -0.2) is 0 Å². The highest BCUT2D eigenvalue weighted by Gasteiger charge is 2.55. The molecule has 0 radical (unpaired) electrons. The van der Waals surface area contributed by atoms with Gasteiger partial charge in [0.2, 0.25) is 0 Å². The molecule has 2 aromatic rings. The second kappa shape index (κ2) is 8.86. The molecule has 4 heteroatoms. The van der Waals surface area contributed by atoms with Crippen molar-refractivity contribution >= 4 is 10.8 Å². The monoisotopic (exact) mass is 516 g/mol. The van der Waals surface area contributed by atoms with Gasteiger partial charge in [0.1, 0.15) is 24.7 Å². The molecule has 0 unspecified atom stereocenters. The van der Waals surface area contributed by atoms with Crippen molar-refractivity contribution in [2.45, 2.75) is 87.9 Å². The predicted molar refractivity (Wildman–Crippen MR) is 149 cm³/mol. The number of aliphatic hydroxyl groups is 2. The standard InChI is InChI=1S/C34H44O4/c35-4-6-37-29-14-30(38-7-5-36)32(34-18-24-11-25(19-34)13-26(12-24)20-34)31-27(29)2-1-3-28(31)33-15-21-8-22(16-33)10-23(9-21)17-33/h1-3,14,21-26,35-36H,4-13,15-20H2. The van der Waals surface area contributed by atoms with Gasteiger partial charge in [0, 0.05) is 22.4 Å². The van der Waals surface area contributed by atoms with Crippen LogP contribution in [0.5, 0.6) is 11.5 Å². The Morgan fingerprint density at radius 3 is 1.61 bits per heavy atom. The Hall–Kier alpha value is -1.78. The van der Waals surface area contributed by atoms with E-state index in [1.54, 1.807) is 5.56 Å². The Morgan fingerprint density at radius 2 is 1.11 bits per heavy atom. The van der Waals surface area contributed by atoms with Gasteiger partial charge >= 0.3 is 0 Å². The highest BCUT2D eigenvalue weighted by molar-refractivity contribution is 5.97. The summed E-state index contributed by atoms with van der Waals surface area (Å²) in [6, 6.07) is 9.14. The van der Waals surface area contributed by atoms with Gasteiger partial charge in [0.15, 0.2) is 0 Å². The molecule has 0 aliphatic heterocycles. The van der Waals surface area contributed by atoms with Crippen LogP contribution in [0.1, 0.15) is 88.2 Å². The number of ether oxygens (including phenoxy) is 2. The fraction of sp³-hybridized carbons (Fsp3) is 0.706. The molecule has 0 spiro atoms. The number of benzene rings is 2. The summed E-state index contributed by atoms with van der Waals surface area (Å²) in [6.45, 7) is 0.609. The summed E-state index contributed by atoms with van der Waals surface area (Å²) in [6.07, 6.45) is 16.5. The van der Waals surface area contributed by atoms with Crippen molar-refractivity contribution in [3.63, 3.8) is 0 Å². The highest BCUT2D eigenvalue weighted by Crippen LogP contribution is 2.66. The summed E-state index contributed by atoms with van der Waals surface area (Å²) in [5, 5.41) is 22.1. The van der Waals surface area contributed by atoms with Gasteiger partial charge < -0.3 is 19.7 Å². The molecule has 8 aliphatic carbocycles. The first-order valence-electron chi connectivity index (χ1n) is 15.7. The first-order valence-corrected chi connectivity index (χ1v) is 15.7. The number of aliphatic hydroxyl groups excluding tert-OH is 2. The second-order valence-electron chi connectivity index (χ2n) is 14.5. The molecule has 2 N–H and O–H groups in total. The van der Waals surface area contributed by atoms with Crippen LogP contribution in [0.15, 0.2) is 24.3 Å². The second-order valence-corrected chi connectivity index (χ2v) is 14.5. The van der Waals surface area contributed by atoms with Crippen LogP contribution in [0.2, 0.25) is 0 Å². The molecule has 8 bridgehead atoms. The van der Waals surface area contributed by atoms with E-state index < -0.39 is 0 Å². The van der Waals surface area contributed by atoms with Crippen molar-refractivity contribution in [2.75, 3.05) is 26.4 Å². The van der Waals surface area contributed by atoms with E-state index in [4.69, 9.17) is 9.47 Å². The summed E-state index contributed by atoms with van der Waals surface area (Å²) >= 11 is 0. The van der Waals surface area contributed by atoms with Gasteiger partial charge in [-0.05, 0) is 129 Å². The molecule has 4 nitrogen and oxygen atoms in total. The minimum Gasteiger partial charge on any atom is -0.491 e. The van der Waals surface area contributed by atoms with Crippen LogP contribution in [-0.2, 0) is 10.8 Å². The lowest BCUT2D eigenvalue weighted by Crippen LogP contribution is -2.50. The van der Waals surface area contributed by atoms with Crippen molar-refractivity contribution in [1.82, 2.24) is 0 Å². The molecule has 0 atom stereocenters. The van der Waals surface area contributed by atoms with E-state index in [1.165, 1.54) is 93.4 Å². The average Bonchev–Trinajstić information content (AvgIpc) is 2.88. The molecule has 8 aliphatic rings. The van der Waals surface area contributed by atoms with Crippen molar-refractivity contribution in [3.05, 3.63) is 35.4 Å². The quantitative estimate of drug-likeness (QED) is 0.420. The lowest BCUT2D eigenvalue weighted by Gasteiger charge is -2.59. The summed E-state index contributed by atoms with van der Waals surface area (Å²) < 4.78 is 12.7. The van der Waals surface area contributed by atoms with Gasteiger partial charge in [0.25, 0.3) is 0 Å². The van der Waals surface area contributed by atoms with Gasteiger partial charge in [-0.15, -0.1) is 0 Å². The molecule has 10 rings (SSSR count). The maximum absolute atomic E-state index is 9.80. The fourth-order valence-electron chi connectivity index (χ4n) is 11.8. The van der Waals surface area contributed by atoms with E-state index in [-0.39, 0.29) is 30.7 Å². The summed E-state index contributed by atoms with van der Waals surface area (Å²) in [7, 11) is 0. The van der Waals surface area contributed by atoms with Crippen LogP contribution >= 0.6 is 0 Å². The minimum atomic E-state index is -0.000277. The van der Waals surface area contributed by atoms with Gasteiger partial charge in [-0.1, -0.05) is 18.2 Å². The molecule has 0 heterocycles. The van der Waals surface area contributed by atoms with Crippen LogP contribution in [0.4, 0.5) is 0 Å². The van der Waals surface area contributed by atoms with Crippen LogP contribution in [-0.4, -0.2) is 36.6 Å². The topological polar surface area (TPSA) is 58.9 Å². The van der Waals surface area contributed by atoms with E-state index in [0.717, 1.165) is 47.0 Å². The number of hydrogen-bond donors (Lipinski definition) is 2. The summed E-state index contributed by atoms with van der Waals surface area (Å²) in [5.41, 5.74) is 3.48. The van der Waals surface area contributed by atoms with E-state index in [2.05, 4.69) is 24.3 Å². The van der Waals surface area contributed by atoms with Crippen molar-refractivity contribution in [1.29, 1.82) is 0 Å². The number of fused-ring (bicyclic) bond motifs is 1. The Balaban J connectivity index is 1.39. The number of hydrogen-bond acceptors (Lipinski definition) is 4. The zero-order valence-electron chi connectivity index (χ0n) is 22.8.